The van der Waals surface area contributed by atoms with E-state index in [2.05, 4.69) is 0 Å². The lowest BCUT2D eigenvalue weighted by Gasteiger charge is -2.19. The third-order valence-electron chi connectivity index (χ3n) is 2.30. The monoisotopic (exact) mass is 241 g/mol. The molecule has 0 spiro atoms. The van der Waals surface area contributed by atoms with E-state index in [4.69, 9.17) is 9.05 Å². The molecule has 1 radical (unpaired) electrons. The van der Waals surface area contributed by atoms with Crippen LogP contribution in [0.25, 0.3) is 0 Å². The fourth-order valence-electron chi connectivity index (χ4n) is 1.38. The highest BCUT2D eigenvalue weighted by atomic mass is 31.2. The summed E-state index contributed by atoms with van der Waals surface area (Å²) in [5, 5.41) is 0. The highest BCUT2D eigenvalue weighted by Crippen LogP contribution is 2.51. The minimum Gasteiger partial charge on any atom is -0.311 e. The van der Waals surface area contributed by atoms with Crippen LogP contribution in [0.4, 0.5) is 0 Å². The number of hydrogen-bond donors (Lipinski definition) is 0. The summed E-state index contributed by atoms with van der Waals surface area (Å²) < 4.78 is 21.5. The average Bonchev–Trinajstić information content (AvgIpc) is 2.36. The van der Waals surface area contributed by atoms with Crippen LogP contribution in [0.5, 0.6) is 0 Å². The first-order valence-electron chi connectivity index (χ1n) is 4.79. The van der Waals surface area contributed by atoms with E-state index >= 15 is 0 Å². The van der Waals surface area contributed by atoms with Gasteiger partial charge in [-0.25, -0.2) is 0 Å². The molecule has 0 N–H and O–H groups in total. The van der Waals surface area contributed by atoms with Crippen molar-refractivity contribution in [2.75, 3.05) is 14.2 Å². The first kappa shape index (κ1) is 13.1. The molecule has 1 rings (SSSR count). The summed E-state index contributed by atoms with van der Waals surface area (Å²) in [6.07, 6.45) is 2.02. The lowest BCUT2D eigenvalue weighted by atomic mass is 10.1. The quantitative estimate of drug-likeness (QED) is 0.716. The molecule has 0 bridgehead atoms. The predicted molar refractivity (Wildman–Crippen MR) is 61.3 cm³/mol. The van der Waals surface area contributed by atoms with Crippen LogP contribution in [-0.2, 0) is 24.8 Å². The van der Waals surface area contributed by atoms with Crippen LogP contribution >= 0.6 is 7.60 Å². The summed E-state index contributed by atoms with van der Waals surface area (Å²) in [5.41, 5.74) is 0.00933. The minimum atomic E-state index is -3.38. The van der Waals surface area contributed by atoms with Gasteiger partial charge in [-0.2, -0.15) is 0 Å². The zero-order valence-corrected chi connectivity index (χ0v) is 10.1. The Morgan fingerprint density at radius 2 is 1.81 bits per heavy atom. The molecule has 0 aliphatic heterocycles. The van der Waals surface area contributed by atoms with Crippen LogP contribution in [0.2, 0.25) is 0 Å². The summed E-state index contributed by atoms with van der Waals surface area (Å²) in [6.45, 7) is 0. The molecule has 5 heteroatoms. The lowest BCUT2D eigenvalue weighted by Crippen LogP contribution is -2.16. The molecule has 0 aliphatic carbocycles. The largest absolute Gasteiger partial charge is 0.341 e. The molecule has 0 aromatic heterocycles. The van der Waals surface area contributed by atoms with Gasteiger partial charge in [0.1, 0.15) is 5.66 Å². The summed E-state index contributed by atoms with van der Waals surface area (Å²) in [7, 11) is -0.853. The summed E-state index contributed by atoms with van der Waals surface area (Å²) >= 11 is 0. The summed E-state index contributed by atoms with van der Waals surface area (Å²) in [5.74, 6) is 0. The van der Waals surface area contributed by atoms with Gasteiger partial charge in [-0.05, 0) is 12.0 Å². The van der Waals surface area contributed by atoms with Gasteiger partial charge in [0, 0.05) is 14.2 Å². The fourth-order valence-corrected chi connectivity index (χ4v) is 2.61. The lowest BCUT2D eigenvalue weighted by molar-refractivity contribution is 0.271. The van der Waals surface area contributed by atoms with Crippen molar-refractivity contribution >= 4 is 13.9 Å². The smallest absolute Gasteiger partial charge is 0.311 e. The van der Waals surface area contributed by atoms with Crippen molar-refractivity contribution in [3.05, 3.63) is 35.9 Å². The minimum absolute atomic E-state index is 0.295. The van der Waals surface area contributed by atoms with Gasteiger partial charge in [0.25, 0.3) is 0 Å². The van der Waals surface area contributed by atoms with Gasteiger partial charge in [0.15, 0.2) is 0 Å². The third-order valence-corrected chi connectivity index (χ3v) is 4.37. The SMILES string of the molecule is COP(=O)(OC)[C@@H]([C]=O)Cc1ccccc1. The molecular weight excluding hydrogens is 227 g/mol. The van der Waals surface area contributed by atoms with Gasteiger partial charge < -0.3 is 9.05 Å². The van der Waals surface area contributed by atoms with E-state index in [0.29, 0.717) is 6.42 Å². The number of carbonyl (C=O) groups excluding carboxylic acids is 1. The molecule has 0 fully saturated rings. The Hall–Kier alpha value is -0.960. The Labute approximate surface area is 95.1 Å². The Morgan fingerprint density at radius 3 is 2.25 bits per heavy atom. The second-order valence-corrected chi connectivity index (χ2v) is 5.66. The molecule has 1 aromatic rings. The van der Waals surface area contributed by atoms with Crippen molar-refractivity contribution in [1.29, 1.82) is 0 Å². The van der Waals surface area contributed by atoms with Crippen LogP contribution in [-0.4, -0.2) is 26.2 Å². The third kappa shape index (κ3) is 3.01. The first-order valence-corrected chi connectivity index (χ1v) is 6.40. The molecule has 0 aliphatic rings. The van der Waals surface area contributed by atoms with E-state index in [1.165, 1.54) is 14.2 Å². The molecule has 1 atom stereocenters. The van der Waals surface area contributed by atoms with Gasteiger partial charge in [0.05, 0.1) is 0 Å². The Morgan fingerprint density at radius 1 is 1.25 bits per heavy atom. The van der Waals surface area contributed by atoms with Gasteiger partial charge in [-0.1, -0.05) is 30.3 Å². The van der Waals surface area contributed by atoms with E-state index in [1.54, 1.807) is 6.29 Å². The van der Waals surface area contributed by atoms with Crippen molar-refractivity contribution in [3.8, 4) is 0 Å². The summed E-state index contributed by atoms with van der Waals surface area (Å²) in [4.78, 5) is 10.8. The molecule has 87 valence electrons. The molecule has 4 nitrogen and oxygen atoms in total. The topological polar surface area (TPSA) is 52.6 Å². The van der Waals surface area contributed by atoms with E-state index in [9.17, 15) is 9.36 Å². The maximum atomic E-state index is 12.0. The second-order valence-electron chi connectivity index (χ2n) is 3.23. The fraction of sp³-hybridized carbons (Fsp3) is 0.364. The normalized spacial score (nSPS) is 13.4. The van der Waals surface area contributed by atoms with E-state index in [1.807, 2.05) is 30.3 Å². The number of hydrogen-bond acceptors (Lipinski definition) is 4. The van der Waals surface area contributed by atoms with Crippen LogP contribution in [0.15, 0.2) is 30.3 Å². The number of benzene rings is 1. The highest BCUT2D eigenvalue weighted by Gasteiger charge is 2.34. The standard InChI is InChI=1S/C11H14O4P/c1-14-16(13,15-2)11(9-12)8-10-6-4-3-5-7-10/h3-7,11H,8H2,1-2H3/t11-/m1/s1. The molecule has 1 aromatic carbocycles. The van der Waals surface area contributed by atoms with E-state index in [0.717, 1.165) is 5.56 Å². The second kappa shape index (κ2) is 5.94. The molecule has 0 saturated heterocycles. The van der Waals surface area contributed by atoms with Crippen molar-refractivity contribution in [3.63, 3.8) is 0 Å². The molecule has 0 amide bonds. The van der Waals surface area contributed by atoms with Crippen LogP contribution in [0, 0.1) is 0 Å². The zero-order chi connectivity index (χ0) is 12.0. The van der Waals surface area contributed by atoms with E-state index in [-0.39, 0.29) is 0 Å². The highest BCUT2D eigenvalue weighted by molar-refractivity contribution is 7.55. The van der Waals surface area contributed by atoms with Crippen molar-refractivity contribution in [1.82, 2.24) is 0 Å². The number of rotatable bonds is 6. The zero-order valence-electron chi connectivity index (χ0n) is 9.25. The van der Waals surface area contributed by atoms with Crippen molar-refractivity contribution in [2.45, 2.75) is 12.1 Å². The Bertz CT molecular complexity index is 369. The molecule has 0 heterocycles. The van der Waals surface area contributed by atoms with Gasteiger partial charge in [-0.15, -0.1) is 0 Å². The van der Waals surface area contributed by atoms with Crippen LogP contribution in [0.3, 0.4) is 0 Å². The van der Waals surface area contributed by atoms with Crippen LogP contribution in [0.1, 0.15) is 5.56 Å². The molecular formula is C11H14O4P. The average molecular weight is 241 g/mol. The maximum Gasteiger partial charge on any atom is 0.341 e. The van der Waals surface area contributed by atoms with Crippen molar-refractivity contribution in [2.24, 2.45) is 0 Å². The summed E-state index contributed by atoms with van der Waals surface area (Å²) in [6, 6.07) is 9.26. The van der Waals surface area contributed by atoms with E-state index < -0.39 is 13.3 Å². The molecule has 0 saturated carbocycles. The Balaban J connectivity index is 2.84. The van der Waals surface area contributed by atoms with Gasteiger partial charge in [0.2, 0.25) is 6.29 Å². The Kier molecular flexibility index (Phi) is 4.87. The molecule has 16 heavy (non-hydrogen) atoms. The van der Waals surface area contributed by atoms with Gasteiger partial charge >= 0.3 is 7.60 Å². The first-order chi connectivity index (χ1) is 7.66. The van der Waals surface area contributed by atoms with Crippen LogP contribution < -0.4 is 0 Å². The predicted octanol–water partition coefficient (Wildman–Crippen LogP) is 2.19. The van der Waals surface area contributed by atoms with Crippen molar-refractivity contribution < 1.29 is 18.4 Å². The molecule has 0 unspecified atom stereocenters. The maximum absolute atomic E-state index is 12.0. The van der Waals surface area contributed by atoms with Gasteiger partial charge in [-0.3, -0.25) is 9.36 Å².